The molecule has 0 atom stereocenters. The van der Waals surface area contributed by atoms with Crippen LogP contribution in [0.4, 0.5) is 5.69 Å². The van der Waals surface area contributed by atoms with Crippen molar-refractivity contribution in [2.24, 2.45) is 7.05 Å². The van der Waals surface area contributed by atoms with E-state index in [0.29, 0.717) is 11.5 Å². The number of carboxylic acid groups (broad SMARTS) is 1. The number of carbonyl (C=O) groups is 1. The third kappa shape index (κ3) is 2.54. The smallest absolute Gasteiger partial charge is 0.335 e. The highest BCUT2D eigenvalue weighted by molar-refractivity contribution is 5.89. The summed E-state index contributed by atoms with van der Waals surface area (Å²) in [6.07, 6.45) is 0. The average Bonchev–Trinajstić information content (AvgIpc) is 2.74. The zero-order chi connectivity index (χ0) is 13.1. The number of hydrogen-bond acceptors (Lipinski definition) is 6. The third-order valence-corrected chi connectivity index (χ3v) is 2.17. The molecule has 1 aromatic heterocycles. The maximum atomic E-state index is 10.8. The molecule has 0 aliphatic carbocycles. The van der Waals surface area contributed by atoms with E-state index >= 15 is 0 Å². The molecule has 3 N–H and O–H groups in total. The predicted octanol–water partition coefficient (Wildman–Crippen LogP) is 0.0695. The first kappa shape index (κ1) is 11.8. The van der Waals surface area contributed by atoms with Crippen LogP contribution in [-0.4, -0.2) is 31.3 Å². The van der Waals surface area contributed by atoms with Crippen LogP contribution >= 0.6 is 0 Å². The van der Waals surface area contributed by atoms with E-state index in [2.05, 4.69) is 15.4 Å². The standard InChI is InChI=1S/C10H11N5O3/c1-15-13-9(12-14-15)5-18-8-4-6(10(16)17)2-3-7(8)11/h2-4H,5,11H2,1H3,(H,16,17). The summed E-state index contributed by atoms with van der Waals surface area (Å²) >= 11 is 0. The molecule has 0 spiro atoms. The lowest BCUT2D eigenvalue weighted by atomic mass is 10.2. The van der Waals surface area contributed by atoms with Gasteiger partial charge in [-0.3, -0.25) is 0 Å². The molecule has 1 heterocycles. The molecule has 8 heteroatoms. The second-order valence-corrected chi connectivity index (χ2v) is 3.54. The Hall–Kier alpha value is -2.64. The molecule has 0 aliphatic heterocycles. The molecule has 0 amide bonds. The largest absolute Gasteiger partial charge is 0.483 e. The molecule has 0 saturated heterocycles. The summed E-state index contributed by atoms with van der Waals surface area (Å²) in [7, 11) is 1.63. The van der Waals surface area contributed by atoms with Crippen LogP contribution in [-0.2, 0) is 13.7 Å². The van der Waals surface area contributed by atoms with Gasteiger partial charge in [0.15, 0.2) is 6.61 Å². The minimum absolute atomic E-state index is 0.0705. The van der Waals surface area contributed by atoms with E-state index in [1.807, 2.05) is 0 Å². The van der Waals surface area contributed by atoms with Crippen molar-refractivity contribution in [1.29, 1.82) is 0 Å². The Kier molecular flexibility index (Phi) is 3.09. The Labute approximate surface area is 102 Å². The Morgan fingerprint density at radius 3 is 2.94 bits per heavy atom. The lowest BCUT2D eigenvalue weighted by Crippen LogP contribution is -2.03. The minimum Gasteiger partial charge on any atom is -0.483 e. The van der Waals surface area contributed by atoms with E-state index in [1.54, 1.807) is 7.05 Å². The van der Waals surface area contributed by atoms with Crippen LogP contribution in [0.2, 0.25) is 0 Å². The number of nitrogens with zero attached hydrogens (tertiary/aromatic N) is 4. The highest BCUT2D eigenvalue weighted by atomic mass is 16.5. The van der Waals surface area contributed by atoms with Gasteiger partial charge in [0.1, 0.15) is 5.75 Å². The second kappa shape index (κ2) is 4.70. The van der Waals surface area contributed by atoms with Gasteiger partial charge in [0.2, 0.25) is 5.82 Å². The number of ether oxygens (including phenoxy) is 1. The number of carboxylic acids is 1. The Morgan fingerprint density at radius 1 is 1.56 bits per heavy atom. The zero-order valence-electron chi connectivity index (χ0n) is 9.57. The van der Waals surface area contributed by atoms with Gasteiger partial charge in [-0.25, -0.2) is 4.79 Å². The lowest BCUT2D eigenvalue weighted by Gasteiger charge is -2.07. The molecule has 0 saturated carbocycles. The summed E-state index contributed by atoms with van der Waals surface area (Å²) in [4.78, 5) is 12.1. The fourth-order valence-electron chi connectivity index (χ4n) is 1.32. The van der Waals surface area contributed by atoms with E-state index in [1.165, 1.54) is 23.0 Å². The van der Waals surface area contributed by atoms with Crippen molar-refractivity contribution in [3.05, 3.63) is 29.6 Å². The fraction of sp³-hybridized carbons (Fsp3) is 0.200. The number of rotatable bonds is 4. The van der Waals surface area contributed by atoms with Crippen LogP contribution in [0.3, 0.4) is 0 Å². The van der Waals surface area contributed by atoms with Gasteiger partial charge in [0.05, 0.1) is 18.3 Å². The quantitative estimate of drug-likeness (QED) is 0.736. The van der Waals surface area contributed by atoms with Crippen molar-refractivity contribution >= 4 is 11.7 Å². The summed E-state index contributed by atoms with van der Waals surface area (Å²) in [5.41, 5.74) is 6.13. The Balaban J connectivity index is 2.13. The van der Waals surface area contributed by atoms with Gasteiger partial charge >= 0.3 is 5.97 Å². The highest BCUT2D eigenvalue weighted by Gasteiger charge is 2.09. The summed E-state index contributed by atoms with van der Waals surface area (Å²) < 4.78 is 5.36. The molecule has 0 radical (unpaired) electrons. The lowest BCUT2D eigenvalue weighted by molar-refractivity contribution is 0.0696. The van der Waals surface area contributed by atoms with E-state index in [-0.39, 0.29) is 17.9 Å². The number of aromatic nitrogens is 4. The molecule has 0 fully saturated rings. The predicted molar refractivity (Wildman–Crippen MR) is 60.9 cm³/mol. The first-order valence-corrected chi connectivity index (χ1v) is 5.05. The van der Waals surface area contributed by atoms with Crippen molar-refractivity contribution in [3.63, 3.8) is 0 Å². The van der Waals surface area contributed by atoms with Crippen molar-refractivity contribution in [2.75, 3.05) is 5.73 Å². The number of anilines is 1. The molecule has 2 rings (SSSR count). The summed E-state index contributed by atoms with van der Waals surface area (Å²) in [6.45, 7) is 0.0705. The summed E-state index contributed by atoms with van der Waals surface area (Å²) in [5, 5.41) is 20.2. The first-order valence-electron chi connectivity index (χ1n) is 5.05. The molecule has 0 aliphatic rings. The molecule has 1 aromatic carbocycles. The van der Waals surface area contributed by atoms with E-state index < -0.39 is 5.97 Å². The fourth-order valence-corrected chi connectivity index (χ4v) is 1.32. The number of nitrogens with two attached hydrogens (primary N) is 1. The van der Waals surface area contributed by atoms with Crippen LogP contribution in [0.5, 0.6) is 5.75 Å². The van der Waals surface area contributed by atoms with E-state index in [4.69, 9.17) is 15.6 Å². The molecular weight excluding hydrogens is 238 g/mol. The van der Waals surface area contributed by atoms with Gasteiger partial charge < -0.3 is 15.6 Å². The van der Waals surface area contributed by atoms with Gasteiger partial charge in [0.25, 0.3) is 0 Å². The maximum absolute atomic E-state index is 10.8. The third-order valence-electron chi connectivity index (χ3n) is 2.17. The molecule has 2 aromatic rings. The van der Waals surface area contributed by atoms with Gasteiger partial charge in [-0.05, 0) is 23.4 Å². The second-order valence-electron chi connectivity index (χ2n) is 3.54. The Morgan fingerprint density at radius 2 is 2.33 bits per heavy atom. The number of aryl methyl sites for hydroxylation is 1. The number of hydrogen-bond donors (Lipinski definition) is 2. The van der Waals surface area contributed by atoms with Gasteiger partial charge in [-0.15, -0.1) is 10.2 Å². The van der Waals surface area contributed by atoms with Gasteiger partial charge in [-0.2, -0.15) is 4.80 Å². The van der Waals surface area contributed by atoms with Crippen LogP contribution in [0.25, 0.3) is 0 Å². The molecule has 18 heavy (non-hydrogen) atoms. The van der Waals surface area contributed by atoms with Crippen molar-refractivity contribution in [2.45, 2.75) is 6.61 Å². The van der Waals surface area contributed by atoms with E-state index in [0.717, 1.165) is 0 Å². The number of aromatic carboxylic acids is 1. The van der Waals surface area contributed by atoms with E-state index in [9.17, 15) is 4.79 Å². The van der Waals surface area contributed by atoms with Crippen LogP contribution < -0.4 is 10.5 Å². The van der Waals surface area contributed by atoms with Crippen LogP contribution in [0.15, 0.2) is 18.2 Å². The zero-order valence-corrected chi connectivity index (χ0v) is 9.57. The first-order chi connectivity index (χ1) is 8.56. The number of nitrogen functional groups attached to an aromatic ring is 1. The topological polar surface area (TPSA) is 116 Å². The van der Waals surface area contributed by atoms with Crippen molar-refractivity contribution in [3.8, 4) is 5.75 Å². The SMILES string of the molecule is Cn1nnc(COc2cc(C(=O)O)ccc2N)n1. The molecule has 0 unspecified atom stereocenters. The number of benzene rings is 1. The molecule has 0 bridgehead atoms. The normalized spacial score (nSPS) is 10.3. The van der Waals surface area contributed by atoms with Crippen molar-refractivity contribution in [1.82, 2.24) is 20.2 Å². The monoisotopic (exact) mass is 249 g/mol. The summed E-state index contributed by atoms with van der Waals surface area (Å²) in [6, 6.07) is 4.24. The van der Waals surface area contributed by atoms with Gasteiger partial charge in [0, 0.05) is 0 Å². The molecule has 94 valence electrons. The summed E-state index contributed by atoms with van der Waals surface area (Å²) in [5.74, 6) is -0.377. The van der Waals surface area contributed by atoms with Crippen molar-refractivity contribution < 1.29 is 14.6 Å². The highest BCUT2D eigenvalue weighted by Crippen LogP contribution is 2.23. The minimum atomic E-state index is -1.04. The Bertz CT molecular complexity index is 581. The molecule has 8 nitrogen and oxygen atoms in total. The molecular formula is C10H11N5O3. The average molecular weight is 249 g/mol. The maximum Gasteiger partial charge on any atom is 0.335 e. The van der Waals surface area contributed by atoms with Crippen LogP contribution in [0, 0.1) is 0 Å². The number of tetrazole rings is 1. The van der Waals surface area contributed by atoms with Crippen LogP contribution in [0.1, 0.15) is 16.2 Å². The van der Waals surface area contributed by atoms with Gasteiger partial charge in [-0.1, -0.05) is 0 Å².